The van der Waals surface area contributed by atoms with Crippen molar-refractivity contribution in [3.63, 3.8) is 0 Å². The maximum Gasteiger partial charge on any atom is 0.395 e. The minimum absolute atomic E-state index is 0.00162. The van der Waals surface area contributed by atoms with E-state index in [-0.39, 0.29) is 5.82 Å². The number of nitrogens with zero attached hydrogens (tertiary/aromatic N) is 4. The van der Waals surface area contributed by atoms with Crippen LogP contribution in [0.5, 0.6) is 0 Å². The summed E-state index contributed by atoms with van der Waals surface area (Å²) in [5, 5.41) is 10.4. The number of halogens is 3. The zero-order chi connectivity index (χ0) is 10.8. The van der Waals surface area contributed by atoms with Crippen molar-refractivity contribution in [1.82, 2.24) is 20.2 Å². The van der Waals surface area contributed by atoms with Gasteiger partial charge in [0.2, 0.25) is 0 Å². The van der Waals surface area contributed by atoms with Crippen LogP contribution >= 0.6 is 0 Å². The topological polar surface area (TPSA) is 60.7 Å². The third kappa shape index (κ3) is 3.50. The Hall–Kier alpha value is -1.47. The van der Waals surface area contributed by atoms with E-state index >= 15 is 0 Å². The Morgan fingerprint density at radius 3 is 2.57 bits per heavy atom. The molecule has 0 N–H and O–H groups in total. The van der Waals surface area contributed by atoms with Crippen LogP contribution in [0, 0.1) is 0 Å². The first-order valence-electron chi connectivity index (χ1n) is 3.68. The molecule has 0 aromatic carbocycles. The predicted octanol–water partition coefficient (Wildman–Crippen LogP) is 0.274. The predicted molar refractivity (Wildman–Crippen MR) is 38.2 cm³/mol. The van der Waals surface area contributed by atoms with Gasteiger partial charge in [-0.05, 0) is 5.21 Å². The third-order valence-electron chi connectivity index (χ3n) is 1.30. The lowest BCUT2D eigenvalue weighted by Gasteiger charge is -2.02. The molecule has 0 fully saturated rings. The van der Waals surface area contributed by atoms with Crippen molar-refractivity contribution >= 4 is 5.78 Å². The van der Waals surface area contributed by atoms with Crippen molar-refractivity contribution in [3.05, 3.63) is 5.82 Å². The van der Waals surface area contributed by atoms with Gasteiger partial charge in [0.05, 0.1) is 13.5 Å². The van der Waals surface area contributed by atoms with Gasteiger partial charge in [0.1, 0.15) is 12.2 Å². The molecule has 5 nitrogen and oxygen atoms in total. The molecule has 0 atom stereocenters. The van der Waals surface area contributed by atoms with Crippen molar-refractivity contribution in [1.29, 1.82) is 0 Å². The number of Topliss-reactive ketones (excluding diaryl/α,β-unsaturated/α-hetero) is 1. The number of aromatic nitrogens is 4. The molecule has 1 aromatic heterocycles. The van der Waals surface area contributed by atoms with Gasteiger partial charge in [0, 0.05) is 0 Å². The Bertz CT molecular complexity index is 332. The number of ketones is 1. The lowest BCUT2D eigenvalue weighted by Crippen LogP contribution is -2.17. The van der Waals surface area contributed by atoms with Crippen LogP contribution < -0.4 is 0 Å². The average molecular weight is 208 g/mol. The quantitative estimate of drug-likeness (QED) is 0.715. The number of tetrazole rings is 1. The first-order valence-corrected chi connectivity index (χ1v) is 3.68. The van der Waals surface area contributed by atoms with Crippen LogP contribution in [-0.2, 0) is 18.3 Å². The summed E-state index contributed by atoms with van der Waals surface area (Å²) in [5.74, 6) is -0.966. The second-order valence-electron chi connectivity index (χ2n) is 2.70. The molecule has 1 rings (SSSR count). The highest BCUT2D eigenvalue weighted by atomic mass is 19.4. The molecular formula is C6H7F3N4O. The molecule has 0 spiro atoms. The van der Waals surface area contributed by atoms with Crippen LogP contribution in [-0.4, -0.2) is 32.2 Å². The molecule has 0 aliphatic heterocycles. The van der Waals surface area contributed by atoms with E-state index in [1.165, 1.54) is 7.05 Å². The third-order valence-corrected chi connectivity index (χ3v) is 1.30. The summed E-state index contributed by atoms with van der Waals surface area (Å²) in [6, 6.07) is 0. The van der Waals surface area contributed by atoms with Crippen LogP contribution in [0.1, 0.15) is 12.2 Å². The van der Waals surface area contributed by atoms with E-state index in [2.05, 4.69) is 15.4 Å². The van der Waals surface area contributed by atoms with Gasteiger partial charge in [-0.25, -0.2) is 0 Å². The second-order valence-corrected chi connectivity index (χ2v) is 2.70. The minimum Gasteiger partial charge on any atom is -0.299 e. The molecule has 0 aliphatic carbocycles. The van der Waals surface area contributed by atoms with Gasteiger partial charge in [-0.1, -0.05) is 0 Å². The van der Waals surface area contributed by atoms with Crippen molar-refractivity contribution in [3.8, 4) is 0 Å². The van der Waals surface area contributed by atoms with Crippen LogP contribution in [0.3, 0.4) is 0 Å². The smallest absolute Gasteiger partial charge is 0.299 e. The largest absolute Gasteiger partial charge is 0.395 e. The van der Waals surface area contributed by atoms with Gasteiger partial charge < -0.3 is 0 Å². The van der Waals surface area contributed by atoms with E-state index < -0.39 is 24.8 Å². The summed E-state index contributed by atoms with van der Waals surface area (Å²) in [4.78, 5) is 11.9. The van der Waals surface area contributed by atoms with Gasteiger partial charge in [-0.2, -0.15) is 18.0 Å². The molecule has 0 bridgehead atoms. The van der Waals surface area contributed by atoms with Crippen LogP contribution in [0.4, 0.5) is 13.2 Å². The maximum atomic E-state index is 11.7. The Morgan fingerprint density at radius 1 is 1.50 bits per heavy atom. The van der Waals surface area contributed by atoms with Gasteiger partial charge >= 0.3 is 6.18 Å². The average Bonchev–Trinajstić information content (AvgIpc) is 2.30. The first kappa shape index (κ1) is 10.6. The molecule has 0 aliphatic rings. The van der Waals surface area contributed by atoms with Crippen LogP contribution in [0.2, 0.25) is 0 Å². The van der Waals surface area contributed by atoms with Gasteiger partial charge in [0.15, 0.2) is 5.82 Å². The fourth-order valence-corrected chi connectivity index (χ4v) is 0.857. The Morgan fingerprint density at radius 2 is 2.14 bits per heavy atom. The summed E-state index contributed by atoms with van der Waals surface area (Å²) < 4.78 is 35.2. The fraction of sp³-hybridized carbons (Fsp3) is 0.667. The Kier molecular flexibility index (Phi) is 2.82. The molecule has 0 radical (unpaired) electrons. The first-order chi connectivity index (χ1) is 6.37. The molecule has 78 valence electrons. The van der Waals surface area contributed by atoms with Gasteiger partial charge in [-0.15, -0.1) is 10.2 Å². The maximum absolute atomic E-state index is 11.7. The molecule has 0 amide bonds. The number of hydrogen-bond donors (Lipinski definition) is 0. The molecule has 1 heterocycles. The summed E-state index contributed by atoms with van der Waals surface area (Å²) in [6.07, 6.45) is -6.36. The SMILES string of the molecule is Cn1nnc(CC(=O)CC(F)(F)F)n1. The molecule has 8 heteroatoms. The summed E-state index contributed by atoms with van der Waals surface area (Å²) >= 11 is 0. The van der Waals surface area contributed by atoms with E-state index in [1.807, 2.05) is 0 Å². The van der Waals surface area contributed by atoms with E-state index in [4.69, 9.17) is 0 Å². The standard InChI is InChI=1S/C6H7F3N4O/c1-13-11-5(10-12-13)2-4(14)3-6(7,8)9/h2-3H2,1H3. The molecule has 14 heavy (non-hydrogen) atoms. The van der Waals surface area contributed by atoms with Gasteiger partial charge in [-0.3, -0.25) is 4.79 Å². The Balaban J connectivity index is 2.50. The van der Waals surface area contributed by atoms with Crippen molar-refractivity contribution in [2.45, 2.75) is 19.0 Å². The number of rotatable bonds is 3. The normalized spacial score (nSPS) is 11.7. The van der Waals surface area contributed by atoms with Crippen molar-refractivity contribution in [2.24, 2.45) is 7.05 Å². The minimum atomic E-state index is -4.47. The lowest BCUT2D eigenvalue weighted by atomic mass is 10.2. The lowest BCUT2D eigenvalue weighted by molar-refractivity contribution is -0.151. The van der Waals surface area contributed by atoms with Crippen LogP contribution in [0.25, 0.3) is 0 Å². The number of alkyl halides is 3. The number of aryl methyl sites for hydroxylation is 1. The zero-order valence-corrected chi connectivity index (χ0v) is 7.25. The summed E-state index contributed by atoms with van der Waals surface area (Å²) in [5.41, 5.74) is 0. The van der Waals surface area contributed by atoms with Crippen LogP contribution in [0.15, 0.2) is 0 Å². The molecule has 0 saturated heterocycles. The number of carbonyl (C=O) groups is 1. The van der Waals surface area contributed by atoms with E-state index in [1.54, 1.807) is 0 Å². The fourth-order valence-electron chi connectivity index (χ4n) is 0.857. The highest BCUT2D eigenvalue weighted by Crippen LogP contribution is 2.20. The van der Waals surface area contributed by atoms with Gasteiger partial charge in [0.25, 0.3) is 0 Å². The second kappa shape index (κ2) is 3.72. The van der Waals surface area contributed by atoms with Crippen molar-refractivity contribution in [2.75, 3.05) is 0 Å². The molecular weight excluding hydrogens is 201 g/mol. The molecule has 1 aromatic rings. The molecule has 0 saturated carbocycles. The zero-order valence-electron chi connectivity index (χ0n) is 7.25. The van der Waals surface area contributed by atoms with E-state index in [0.717, 1.165) is 4.80 Å². The van der Waals surface area contributed by atoms with E-state index in [9.17, 15) is 18.0 Å². The molecule has 0 unspecified atom stereocenters. The number of carbonyl (C=O) groups excluding carboxylic acids is 1. The highest BCUT2D eigenvalue weighted by molar-refractivity contribution is 5.80. The number of hydrogen-bond acceptors (Lipinski definition) is 4. The monoisotopic (exact) mass is 208 g/mol. The summed E-state index contributed by atoms with van der Waals surface area (Å²) in [6.45, 7) is 0. The Labute approximate surface area is 76.9 Å². The van der Waals surface area contributed by atoms with E-state index in [0.29, 0.717) is 0 Å². The summed E-state index contributed by atoms with van der Waals surface area (Å²) in [7, 11) is 1.46. The van der Waals surface area contributed by atoms with Crippen molar-refractivity contribution < 1.29 is 18.0 Å². The highest BCUT2D eigenvalue weighted by Gasteiger charge is 2.31.